The number of fused-ring (bicyclic) bond motifs is 1. The van der Waals surface area contributed by atoms with Gasteiger partial charge in [0.2, 0.25) is 0 Å². The van der Waals surface area contributed by atoms with Crippen LogP contribution >= 0.6 is 0 Å². The van der Waals surface area contributed by atoms with Gasteiger partial charge in [-0.2, -0.15) is 0 Å². The maximum atomic E-state index is 11.6. The van der Waals surface area contributed by atoms with Crippen molar-refractivity contribution in [2.75, 3.05) is 13.2 Å². The summed E-state index contributed by atoms with van der Waals surface area (Å²) in [5, 5.41) is 0. The molecule has 0 saturated heterocycles. The number of carbonyl (C=O) groups excluding carboxylic acids is 1. The topological polar surface area (TPSA) is 35.5 Å². The molecule has 0 atom stereocenters. The minimum absolute atomic E-state index is 0.187. The SMILES string of the molecule is CCOC(=O)Cc1ccc(C#Cc2cc3c(cc2C)OCCC3(CC)CC)cc1. The average Bonchev–Trinajstić information content (AvgIpc) is 2.73. The highest BCUT2D eigenvalue weighted by atomic mass is 16.5. The second-order valence-electron chi connectivity index (χ2n) is 7.68. The molecule has 0 spiro atoms. The van der Waals surface area contributed by atoms with Crippen LogP contribution < -0.4 is 4.74 Å². The summed E-state index contributed by atoms with van der Waals surface area (Å²) >= 11 is 0. The Morgan fingerprint density at radius 2 is 1.83 bits per heavy atom. The van der Waals surface area contributed by atoms with Crippen molar-refractivity contribution >= 4 is 5.97 Å². The molecule has 0 N–H and O–H groups in total. The van der Waals surface area contributed by atoms with Crippen molar-refractivity contribution in [1.29, 1.82) is 0 Å². The smallest absolute Gasteiger partial charge is 0.310 e. The zero-order valence-corrected chi connectivity index (χ0v) is 17.9. The highest BCUT2D eigenvalue weighted by Gasteiger charge is 2.35. The molecule has 1 aliphatic heterocycles. The number of carbonyl (C=O) groups is 1. The number of ether oxygens (including phenoxy) is 2. The van der Waals surface area contributed by atoms with Crippen molar-refractivity contribution in [3.8, 4) is 17.6 Å². The fourth-order valence-electron chi connectivity index (χ4n) is 4.05. The molecule has 0 fully saturated rings. The average molecular weight is 391 g/mol. The number of esters is 1. The highest BCUT2D eigenvalue weighted by molar-refractivity contribution is 5.72. The van der Waals surface area contributed by atoms with Crippen LogP contribution in [0.2, 0.25) is 0 Å². The number of benzene rings is 2. The van der Waals surface area contributed by atoms with E-state index in [-0.39, 0.29) is 11.4 Å². The van der Waals surface area contributed by atoms with Gasteiger partial charge in [0.1, 0.15) is 5.75 Å². The normalized spacial score (nSPS) is 14.2. The second kappa shape index (κ2) is 9.18. The second-order valence-corrected chi connectivity index (χ2v) is 7.68. The molecule has 2 aromatic carbocycles. The van der Waals surface area contributed by atoms with Crippen LogP contribution in [0.5, 0.6) is 5.75 Å². The summed E-state index contributed by atoms with van der Waals surface area (Å²) in [4.78, 5) is 11.6. The Labute approximate surface area is 174 Å². The summed E-state index contributed by atoms with van der Waals surface area (Å²) in [6, 6.07) is 12.2. The lowest BCUT2D eigenvalue weighted by molar-refractivity contribution is -0.142. The van der Waals surface area contributed by atoms with E-state index >= 15 is 0 Å². The molecule has 0 amide bonds. The van der Waals surface area contributed by atoms with Crippen molar-refractivity contribution in [2.45, 2.75) is 58.8 Å². The lowest BCUT2D eigenvalue weighted by Crippen LogP contribution is -2.32. The molecule has 1 heterocycles. The molecule has 29 heavy (non-hydrogen) atoms. The highest BCUT2D eigenvalue weighted by Crippen LogP contribution is 2.44. The molecular formula is C26H30O3. The van der Waals surface area contributed by atoms with Gasteiger partial charge in [-0.1, -0.05) is 37.8 Å². The first-order chi connectivity index (χ1) is 14.0. The number of aryl methyl sites for hydroxylation is 1. The van der Waals surface area contributed by atoms with Gasteiger partial charge in [-0.3, -0.25) is 4.79 Å². The fourth-order valence-corrected chi connectivity index (χ4v) is 4.05. The van der Waals surface area contributed by atoms with E-state index in [0.29, 0.717) is 13.0 Å². The summed E-state index contributed by atoms with van der Waals surface area (Å²) in [6.07, 6.45) is 3.57. The molecule has 3 rings (SSSR count). The molecular weight excluding hydrogens is 360 g/mol. The van der Waals surface area contributed by atoms with Crippen molar-refractivity contribution in [2.24, 2.45) is 0 Å². The molecule has 0 radical (unpaired) electrons. The van der Waals surface area contributed by atoms with Crippen molar-refractivity contribution in [1.82, 2.24) is 0 Å². The molecule has 3 nitrogen and oxygen atoms in total. The molecule has 0 unspecified atom stereocenters. The standard InChI is InChI=1S/C26H30O3/c1-5-26(6-2)14-15-29-24-16-19(4)22(18-23(24)26)13-12-20-8-10-21(11-9-20)17-25(27)28-7-3/h8-11,16,18H,5-7,14-15,17H2,1-4H3. The maximum Gasteiger partial charge on any atom is 0.310 e. The zero-order valence-electron chi connectivity index (χ0n) is 17.9. The first kappa shape index (κ1) is 21.0. The van der Waals surface area contributed by atoms with E-state index in [9.17, 15) is 4.79 Å². The van der Waals surface area contributed by atoms with Crippen molar-refractivity contribution in [3.05, 3.63) is 64.2 Å². The fraction of sp³-hybridized carbons (Fsp3) is 0.423. The van der Waals surface area contributed by atoms with E-state index in [4.69, 9.17) is 9.47 Å². The Morgan fingerprint density at radius 3 is 2.48 bits per heavy atom. The molecule has 0 aromatic heterocycles. The Balaban J connectivity index is 1.85. The van der Waals surface area contributed by atoms with Crippen LogP contribution in [-0.4, -0.2) is 19.2 Å². The Morgan fingerprint density at radius 1 is 1.10 bits per heavy atom. The van der Waals surface area contributed by atoms with Crippen LogP contribution in [-0.2, 0) is 21.4 Å². The third-order valence-electron chi connectivity index (χ3n) is 6.04. The van der Waals surface area contributed by atoms with E-state index in [2.05, 4.69) is 44.7 Å². The molecule has 2 aromatic rings. The maximum absolute atomic E-state index is 11.6. The molecule has 0 saturated carbocycles. The van der Waals surface area contributed by atoms with Crippen LogP contribution in [0.1, 0.15) is 67.9 Å². The van der Waals surface area contributed by atoms with Gasteiger partial charge in [-0.05, 0) is 68.5 Å². The third kappa shape index (κ3) is 4.65. The van der Waals surface area contributed by atoms with Gasteiger partial charge in [-0.25, -0.2) is 0 Å². The van der Waals surface area contributed by atoms with Gasteiger partial charge in [0.15, 0.2) is 0 Å². The van der Waals surface area contributed by atoms with E-state index in [1.165, 1.54) is 5.56 Å². The Bertz CT molecular complexity index is 925. The molecule has 0 aliphatic carbocycles. The minimum atomic E-state index is -0.200. The minimum Gasteiger partial charge on any atom is -0.493 e. The van der Waals surface area contributed by atoms with Crippen LogP contribution in [0, 0.1) is 18.8 Å². The lowest BCUT2D eigenvalue weighted by atomic mass is 9.71. The van der Waals surface area contributed by atoms with Crippen LogP contribution in [0.25, 0.3) is 0 Å². The van der Waals surface area contributed by atoms with Crippen LogP contribution in [0.3, 0.4) is 0 Å². The van der Waals surface area contributed by atoms with Gasteiger partial charge >= 0.3 is 5.97 Å². The summed E-state index contributed by atoms with van der Waals surface area (Å²) in [5.41, 5.74) is 5.55. The summed E-state index contributed by atoms with van der Waals surface area (Å²) in [6.45, 7) is 9.63. The lowest BCUT2D eigenvalue weighted by Gasteiger charge is -2.38. The van der Waals surface area contributed by atoms with Crippen molar-refractivity contribution in [3.63, 3.8) is 0 Å². The third-order valence-corrected chi connectivity index (χ3v) is 6.04. The van der Waals surface area contributed by atoms with Crippen molar-refractivity contribution < 1.29 is 14.3 Å². The Hall–Kier alpha value is -2.73. The van der Waals surface area contributed by atoms with Gasteiger partial charge < -0.3 is 9.47 Å². The summed E-state index contributed by atoms with van der Waals surface area (Å²) < 4.78 is 11.0. The monoisotopic (exact) mass is 390 g/mol. The zero-order chi connectivity index (χ0) is 20.9. The molecule has 3 heteroatoms. The van der Waals surface area contributed by atoms with Gasteiger partial charge in [0.05, 0.1) is 19.6 Å². The number of hydrogen-bond donors (Lipinski definition) is 0. The van der Waals surface area contributed by atoms with E-state index in [0.717, 1.165) is 53.9 Å². The first-order valence-electron chi connectivity index (χ1n) is 10.6. The molecule has 152 valence electrons. The van der Waals surface area contributed by atoms with Crippen LogP contribution in [0.4, 0.5) is 0 Å². The Kier molecular flexibility index (Phi) is 6.64. The quantitative estimate of drug-likeness (QED) is 0.511. The van der Waals surface area contributed by atoms with Gasteiger partial charge in [-0.15, -0.1) is 0 Å². The first-order valence-corrected chi connectivity index (χ1v) is 10.6. The molecule has 1 aliphatic rings. The molecule has 0 bridgehead atoms. The predicted octanol–water partition coefficient (Wildman–Crippen LogP) is 5.34. The van der Waals surface area contributed by atoms with Gasteiger partial charge in [0, 0.05) is 22.1 Å². The predicted molar refractivity (Wildman–Crippen MR) is 116 cm³/mol. The largest absolute Gasteiger partial charge is 0.493 e. The summed E-state index contributed by atoms with van der Waals surface area (Å²) in [5.74, 6) is 7.44. The number of rotatable bonds is 5. The summed E-state index contributed by atoms with van der Waals surface area (Å²) in [7, 11) is 0. The van der Waals surface area contributed by atoms with Crippen LogP contribution in [0.15, 0.2) is 36.4 Å². The number of hydrogen-bond acceptors (Lipinski definition) is 3. The van der Waals surface area contributed by atoms with E-state index in [1.807, 2.05) is 31.2 Å². The van der Waals surface area contributed by atoms with E-state index < -0.39 is 0 Å². The van der Waals surface area contributed by atoms with Gasteiger partial charge in [0.25, 0.3) is 0 Å². The van der Waals surface area contributed by atoms with E-state index in [1.54, 1.807) is 0 Å².